The monoisotopic (exact) mass is 284 g/mol. The Balaban J connectivity index is 2.58. The average Bonchev–Trinajstić information content (AvgIpc) is 2.75. The lowest BCUT2D eigenvalue weighted by Crippen LogP contribution is -2.27. The van der Waals surface area contributed by atoms with Gasteiger partial charge in [-0.15, -0.1) is 0 Å². The molecular weight excluding hydrogens is 268 g/mol. The Hall–Kier alpha value is -1.08. The summed E-state index contributed by atoms with van der Waals surface area (Å²) in [6.45, 7) is 4.31. The lowest BCUT2D eigenvalue weighted by atomic mass is 10.3. The zero-order valence-electron chi connectivity index (χ0n) is 10.9. The first-order valence-corrected chi connectivity index (χ1v) is 7.09. The number of hydrogen-bond acceptors (Lipinski definition) is 4. The Morgan fingerprint density at radius 3 is 2.67 bits per heavy atom. The molecule has 0 aliphatic carbocycles. The number of aromatic amines is 1. The maximum Gasteiger partial charge on any atom is 0.330 e. The molecule has 0 aromatic carbocycles. The molecule has 0 saturated heterocycles. The first-order valence-electron chi connectivity index (χ1n) is 5.70. The molecule has 2 rings (SSSR count). The minimum atomic E-state index is -0.153. The van der Waals surface area contributed by atoms with Crippen LogP contribution in [0.2, 0.25) is 0 Å². The average molecular weight is 284 g/mol. The number of nitrogens with zero attached hydrogens (tertiary/aromatic N) is 3. The van der Waals surface area contributed by atoms with Crippen LogP contribution in [0.1, 0.15) is 13.8 Å². The molecule has 0 radical (unpaired) electrons. The molecule has 18 heavy (non-hydrogen) atoms. The quantitative estimate of drug-likeness (QED) is 0.692. The van der Waals surface area contributed by atoms with E-state index in [0.29, 0.717) is 16.2 Å². The number of H-pyrrole nitrogens is 1. The van der Waals surface area contributed by atoms with E-state index in [1.54, 1.807) is 25.9 Å². The third-order valence-electron chi connectivity index (χ3n) is 2.63. The number of fused-ring (bicyclic) bond motifs is 1. The van der Waals surface area contributed by atoms with E-state index in [0.717, 1.165) is 16.4 Å². The van der Waals surface area contributed by atoms with E-state index < -0.39 is 0 Å². The summed E-state index contributed by atoms with van der Waals surface area (Å²) >= 11 is 6.91. The van der Waals surface area contributed by atoms with E-state index in [-0.39, 0.29) is 5.69 Å². The van der Waals surface area contributed by atoms with E-state index in [2.05, 4.69) is 23.8 Å². The fraction of sp³-hybridized carbons (Fsp3) is 0.545. The van der Waals surface area contributed by atoms with Crippen LogP contribution in [-0.4, -0.2) is 24.9 Å². The molecule has 1 N–H and O–H groups in total. The molecule has 0 fully saturated rings. The van der Waals surface area contributed by atoms with Gasteiger partial charge in [0.05, 0.1) is 0 Å². The molecule has 5 nitrogen and oxygen atoms in total. The molecule has 7 heteroatoms. The summed E-state index contributed by atoms with van der Waals surface area (Å²) in [5.41, 5.74) is 1.22. The highest BCUT2D eigenvalue weighted by atomic mass is 32.2. The van der Waals surface area contributed by atoms with Crippen LogP contribution < -0.4 is 5.69 Å². The van der Waals surface area contributed by atoms with E-state index >= 15 is 0 Å². The zero-order chi connectivity index (χ0) is 13.4. The van der Waals surface area contributed by atoms with Gasteiger partial charge in [-0.3, -0.25) is 9.13 Å². The van der Waals surface area contributed by atoms with Crippen LogP contribution in [0.4, 0.5) is 0 Å². The number of aromatic nitrogens is 4. The number of imidazole rings is 1. The van der Waals surface area contributed by atoms with Crippen molar-refractivity contribution in [1.82, 2.24) is 19.1 Å². The smallest absolute Gasteiger partial charge is 0.329 e. The van der Waals surface area contributed by atoms with Crippen LogP contribution in [0.3, 0.4) is 0 Å². The van der Waals surface area contributed by atoms with Crippen LogP contribution in [0.15, 0.2) is 9.95 Å². The maximum atomic E-state index is 11.9. The normalized spacial score (nSPS) is 11.6. The minimum absolute atomic E-state index is 0.153. The Morgan fingerprint density at radius 1 is 1.39 bits per heavy atom. The van der Waals surface area contributed by atoms with Crippen molar-refractivity contribution in [3.05, 3.63) is 15.1 Å². The van der Waals surface area contributed by atoms with Gasteiger partial charge in [0.2, 0.25) is 0 Å². The lowest BCUT2D eigenvalue weighted by molar-refractivity contribution is 0.721. The molecular formula is C11H16N4OS2. The predicted molar refractivity (Wildman–Crippen MR) is 76.7 cm³/mol. The van der Waals surface area contributed by atoms with Gasteiger partial charge < -0.3 is 4.98 Å². The fourth-order valence-electron chi connectivity index (χ4n) is 1.62. The Morgan fingerprint density at radius 2 is 2.06 bits per heavy atom. The Bertz CT molecular complexity index is 695. The van der Waals surface area contributed by atoms with Gasteiger partial charge in [-0.05, 0) is 5.92 Å². The highest BCUT2D eigenvalue weighted by Gasteiger charge is 2.11. The molecule has 98 valence electrons. The zero-order valence-corrected chi connectivity index (χ0v) is 12.5. The largest absolute Gasteiger partial charge is 0.330 e. The number of thioether (sulfide) groups is 1. The summed E-state index contributed by atoms with van der Waals surface area (Å²) in [5, 5.41) is 0.811. The van der Waals surface area contributed by atoms with Gasteiger partial charge in [-0.2, -0.15) is 0 Å². The molecule has 2 aromatic heterocycles. The summed E-state index contributed by atoms with van der Waals surface area (Å²) in [4.78, 5) is 19.5. The molecule has 2 heterocycles. The van der Waals surface area contributed by atoms with Crippen molar-refractivity contribution in [3.8, 4) is 0 Å². The number of rotatable bonds is 3. The van der Waals surface area contributed by atoms with Gasteiger partial charge in [-0.25, -0.2) is 9.78 Å². The maximum absolute atomic E-state index is 11.9. The SMILES string of the molecule is CC(C)CSc1nc2c([nH]1)c(=S)n(C)c(=O)n2C. The summed E-state index contributed by atoms with van der Waals surface area (Å²) in [7, 11) is 3.38. The first kappa shape index (κ1) is 13.4. The van der Waals surface area contributed by atoms with Crippen LogP contribution in [0, 0.1) is 10.6 Å². The third-order valence-corrected chi connectivity index (χ3v) is 4.40. The topological polar surface area (TPSA) is 55.6 Å². The molecule has 0 spiro atoms. The van der Waals surface area contributed by atoms with Crippen molar-refractivity contribution >= 4 is 35.1 Å². The number of aryl methyl sites for hydroxylation is 1. The summed E-state index contributed by atoms with van der Waals surface area (Å²) < 4.78 is 3.46. The summed E-state index contributed by atoms with van der Waals surface area (Å²) in [6.07, 6.45) is 0. The second kappa shape index (κ2) is 4.89. The highest BCUT2D eigenvalue weighted by molar-refractivity contribution is 7.99. The van der Waals surface area contributed by atoms with Crippen molar-refractivity contribution < 1.29 is 0 Å². The van der Waals surface area contributed by atoms with Crippen molar-refractivity contribution in [2.45, 2.75) is 19.0 Å². The standard InChI is InChI=1S/C11H16N4OS2/c1-6(2)5-18-10-12-7-8(13-10)14(3)11(16)15(4)9(7)17/h6H,5H2,1-4H3,(H,12,13). The van der Waals surface area contributed by atoms with E-state index in [1.807, 2.05) is 0 Å². The lowest BCUT2D eigenvalue weighted by Gasteiger charge is -2.02. The highest BCUT2D eigenvalue weighted by Crippen LogP contribution is 2.20. The minimum Gasteiger partial charge on any atom is -0.329 e. The van der Waals surface area contributed by atoms with Gasteiger partial charge in [0.1, 0.15) is 10.2 Å². The van der Waals surface area contributed by atoms with Gasteiger partial charge in [0.15, 0.2) is 10.8 Å². The number of nitrogens with one attached hydrogen (secondary N) is 1. The molecule has 0 aliphatic heterocycles. The summed E-state index contributed by atoms with van der Waals surface area (Å²) in [6, 6.07) is 0. The first-order chi connectivity index (χ1) is 8.41. The Kier molecular flexibility index (Phi) is 3.63. The van der Waals surface area contributed by atoms with Crippen molar-refractivity contribution in [2.75, 3.05) is 5.75 Å². The Labute approximate surface area is 114 Å². The molecule has 2 aromatic rings. The van der Waals surface area contributed by atoms with Gasteiger partial charge >= 0.3 is 5.69 Å². The van der Waals surface area contributed by atoms with Crippen molar-refractivity contribution in [2.24, 2.45) is 20.0 Å². The molecule has 0 aliphatic rings. The summed E-state index contributed by atoms with van der Waals surface area (Å²) in [5.74, 6) is 1.57. The van der Waals surface area contributed by atoms with Crippen LogP contribution >= 0.6 is 24.0 Å². The van der Waals surface area contributed by atoms with Crippen LogP contribution in [0.25, 0.3) is 11.2 Å². The van der Waals surface area contributed by atoms with Gasteiger partial charge in [-0.1, -0.05) is 37.8 Å². The second-order valence-electron chi connectivity index (χ2n) is 4.65. The molecule has 0 saturated carbocycles. The van der Waals surface area contributed by atoms with Gasteiger partial charge in [0, 0.05) is 19.8 Å². The van der Waals surface area contributed by atoms with E-state index in [1.165, 1.54) is 9.13 Å². The molecule has 0 amide bonds. The van der Waals surface area contributed by atoms with E-state index in [9.17, 15) is 4.79 Å². The van der Waals surface area contributed by atoms with E-state index in [4.69, 9.17) is 12.2 Å². The number of hydrogen-bond donors (Lipinski definition) is 1. The van der Waals surface area contributed by atoms with Crippen molar-refractivity contribution in [3.63, 3.8) is 0 Å². The second-order valence-corrected chi connectivity index (χ2v) is 6.05. The predicted octanol–water partition coefficient (Wildman–Crippen LogP) is 2.08. The van der Waals surface area contributed by atoms with Crippen LogP contribution in [-0.2, 0) is 14.1 Å². The van der Waals surface area contributed by atoms with Gasteiger partial charge in [0.25, 0.3) is 0 Å². The molecule has 0 unspecified atom stereocenters. The molecule has 0 atom stereocenters. The fourth-order valence-corrected chi connectivity index (χ4v) is 2.66. The third kappa shape index (κ3) is 2.24. The van der Waals surface area contributed by atoms with Crippen molar-refractivity contribution in [1.29, 1.82) is 0 Å². The van der Waals surface area contributed by atoms with Crippen LogP contribution in [0.5, 0.6) is 0 Å². The molecule has 0 bridgehead atoms.